The van der Waals surface area contributed by atoms with Crippen LogP contribution in [-0.4, -0.2) is 125 Å². The van der Waals surface area contributed by atoms with Gasteiger partial charge in [0.25, 0.3) is 0 Å². The van der Waals surface area contributed by atoms with Crippen molar-refractivity contribution in [3.63, 3.8) is 0 Å². The second-order valence-electron chi connectivity index (χ2n) is 16.8. The summed E-state index contributed by atoms with van der Waals surface area (Å²) in [4.78, 5) is 0. The molecular formula is C53H62O15. The van der Waals surface area contributed by atoms with Gasteiger partial charge in [0.05, 0.1) is 67.1 Å². The van der Waals surface area contributed by atoms with Gasteiger partial charge in [-0.25, -0.2) is 0 Å². The first-order valence-electron chi connectivity index (χ1n) is 22.9. The largest absolute Gasteiger partial charge is 0.497 e. The van der Waals surface area contributed by atoms with Crippen LogP contribution in [0, 0.1) is 0 Å². The van der Waals surface area contributed by atoms with Crippen LogP contribution < -0.4 is 9.47 Å². The van der Waals surface area contributed by atoms with E-state index in [0.29, 0.717) is 13.2 Å². The van der Waals surface area contributed by atoms with Gasteiger partial charge in [-0.3, -0.25) is 0 Å². The zero-order valence-corrected chi connectivity index (χ0v) is 38.6. The number of hydrogen-bond donors (Lipinski definition) is 2. The Morgan fingerprint density at radius 3 is 1.21 bits per heavy atom. The third kappa shape index (κ3) is 13.3. The Labute approximate surface area is 397 Å². The maximum absolute atomic E-state index is 12.0. The van der Waals surface area contributed by atoms with Crippen LogP contribution in [0.4, 0.5) is 0 Å². The van der Waals surface area contributed by atoms with Crippen LogP contribution in [0.1, 0.15) is 27.8 Å². The topological polar surface area (TPSA) is 160 Å². The van der Waals surface area contributed by atoms with E-state index in [1.54, 1.807) is 14.2 Å². The minimum absolute atomic E-state index is 0.0974. The number of ether oxygens (including phenoxy) is 13. The van der Waals surface area contributed by atoms with Gasteiger partial charge < -0.3 is 71.8 Å². The van der Waals surface area contributed by atoms with Crippen molar-refractivity contribution in [2.45, 2.75) is 107 Å². The van der Waals surface area contributed by atoms with Gasteiger partial charge in [0.1, 0.15) is 66.4 Å². The second kappa shape index (κ2) is 25.2. The summed E-state index contributed by atoms with van der Waals surface area (Å²) < 4.78 is 80.2. The van der Waals surface area contributed by atoms with Crippen LogP contribution in [0.3, 0.4) is 0 Å². The van der Waals surface area contributed by atoms with Crippen LogP contribution in [0.2, 0.25) is 0 Å². The van der Waals surface area contributed by atoms with Gasteiger partial charge in [-0.15, -0.1) is 0 Å². The highest BCUT2D eigenvalue weighted by molar-refractivity contribution is 5.27. The quantitative estimate of drug-likeness (QED) is 0.0687. The van der Waals surface area contributed by atoms with Crippen molar-refractivity contribution in [3.05, 3.63) is 167 Å². The number of methoxy groups -OCH3 is 3. The highest BCUT2D eigenvalue weighted by atomic mass is 16.8. The third-order valence-electron chi connectivity index (χ3n) is 12.1. The number of aliphatic hydroxyl groups is 2. The first kappa shape index (κ1) is 49.6. The van der Waals surface area contributed by atoms with Gasteiger partial charge in [-0.05, 0) is 52.1 Å². The van der Waals surface area contributed by atoms with E-state index in [9.17, 15) is 10.2 Å². The molecule has 68 heavy (non-hydrogen) atoms. The SMILES string of the molecule is COc1ccc(COC[C@H]2O[C@H](OC[C@H]3O[C@H](OC)[C@@H](OCc4ccccc4)[C@@H]3O[C@H]3O[C@H](COCc4ccc(OC)cc4)[C@@H](OCc4ccccc4)[C@@H]3O)[C@@H](O)[C@@H]2OCc2ccccc2)cc1. The van der Waals surface area contributed by atoms with E-state index in [4.69, 9.17) is 61.6 Å². The Morgan fingerprint density at radius 1 is 0.382 bits per heavy atom. The highest BCUT2D eigenvalue weighted by Gasteiger charge is 2.54. The van der Waals surface area contributed by atoms with E-state index in [-0.39, 0.29) is 39.6 Å². The molecule has 15 heteroatoms. The standard InChI is InChI=1S/C53H62O15/c1-56-40-23-19-38(20-24-40)27-59-32-42-47(61-29-35-13-7-4-8-14-35)45(54)51(65-42)64-34-44-49(50(53(58-3)67-44)63-31-37-17-11-6-12-18-37)68-52-46(55)48(62-30-36-15-9-5-10-16-36)43(66-52)33-60-28-39-21-25-41(57-2)26-22-39/h4-26,42-55H,27-34H2,1-3H3/t42-,43-,44-,45+,46+,47-,48-,49-,50+,51+,52-,53+/m1/s1. The van der Waals surface area contributed by atoms with Crippen molar-refractivity contribution < 1.29 is 71.8 Å². The van der Waals surface area contributed by atoms with E-state index in [1.807, 2.05) is 140 Å². The summed E-state index contributed by atoms with van der Waals surface area (Å²) >= 11 is 0. The summed E-state index contributed by atoms with van der Waals surface area (Å²) in [6.45, 7) is 1.34. The average Bonchev–Trinajstić information content (AvgIpc) is 3.99. The fraction of sp³-hybridized carbons (Fsp3) is 0.434. The molecule has 2 N–H and O–H groups in total. The molecule has 0 aliphatic carbocycles. The van der Waals surface area contributed by atoms with Crippen LogP contribution in [0.5, 0.6) is 11.5 Å². The van der Waals surface area contributed by atoms with Gasteiger partial charge in [-0.1, -0.05) is 115 Å². The fourth-order valence-electron chi connectivity index (χ4n) is 8.37. The summed E-state index contributed by atoms with van der Waals surface area (Å²) in [6, 6.07) is 44.2. The molecule has 0 unspecified atom stereocenters. The second-order valence-corrected chi connectivity index (χ2v) is 16.8. The smallest absolute Gasteiger partial charge is 0.187 e. The monoisotopic (exact) mass is 938 g/mol. The molecule has 0 spiro atoms. The lowest BCUT2D eigenvalue weighted by Crippen LogP contribution is -2.45. The normalized spacial score (nSPS) is 28.0. The maximum atomic E-state index is 12.0. The average molecular weight is 939 g/mol. The molecule has 0 amide bonds. The van der Waals surface area contributed by atoms with Gasteiger partial charge in [0.2, 0.25) is 0 Å². The Kier molecular flexibility index (Phi) is 18.4. The maximum Gasteiger partial charge on any atom is 0.187 e. The summed E-state index contributed by atoms with van der Waals surface area (Å²) in [5.41, 5.74) is 4.66. The van der Waals surface area contributed by atoms with Crippen LogP contribution in [-0.2, 0) is 85.1 Å². The Bertz CT molecular complexity index is 2190. The molecule has 12 atom stereocenters. The molecule has 8 rings (SSSR count). The van der Waals surface area contributed by atoms with Crippen LogP contribution in [0.15, 0.2) is 140 Å². The van der Waals surface area contributed by atoms with Gasteiger partial charge in [0, 0.05) is 7.11 Å². The third-order valence-corrected chi connectivity index (χ3v) is 12.1. The van der Waals surface area contributed by atoms with E-state index in [2.05, 4.69) is 0 Å². The van der Waals surface area contributed by atoms with Crippen molar-refractivity contribution in [2.75, 3.05) is 41.2 Å². The molecule has 0 bridgehead atoms. The summed E-state index contributed by atoms with van der Waals surface area (Å²) in [7, 11) is 4.76. The van der Waals surface area contributed by atoms with Crippen molar-refractivity contribution in [2.24, 2.45) is 0 Å². The van der Waals surface area contributed by atoms with Gasteiger partial charge in [0.15, 0.2) is 18.9 Å². The molecule has 3 aliphatic rings. The lowest BCUT2D eigenvalue weighted by molar-refractivity contribution is -0.231. The predicted octanol–water partition coefficient (Wildman–Crippen LogP) is 6.14. The summed E-state index contributed by atoms with van der Waals surface area (Å²) in [5, 5.41) is 23.7. The minimum atomic E-state index is -1.24. The van der Waals surface area contributed by atoms with Crippen molar-refractivity contribution in [1.29, 1.82) is 0 Å². The zero-order valence-electron chi connectivity index (χ0n) is 38.6. The lowest BCUT2D eigenvalue weighted by atomic mass is 10.1. The molecule has 3 aliphatic heterocycles. The fourth-order valence-corrected chi connectivity index (χ4v) is 8.37. The van der Waals surface area contributed by atoms with E-state index in [1.165, 1.54) is 7.11 Å². The van der Waals surface area contributed by atoms with Crippen molar-refractivity contribution >= 4 is 0 Å². The van der Waals surface area contributed by atoms with Gasteiger partial charge in [-0.2, -0.15) is 0 Å². The van der Waals surface area contributed by atoms with E-state index in [0.717, 1.165) is 39.3 Å². The molecule has 3 fully saturated rings. The van der Waals surface area contributed by atoms with Gasteiger partial charge >= 0.3 is 0 Å². The van der Waals surface area contributed by atoms with Crippen LogP contribution in [0.25, 0.3) is 0 Å². The Hall–Kier alpha value is -4.82. The Balaban J connectivity index is 0.972. The first-order chi connectivity index (χ1) is 33.4. The molecule has 3 saturated heterocycles. The predicted molar refractivity (Wildman–Crippen MR) is 246 cm³/mol. The molecule has 0 saturated carbocycles. The molecule has 364 valence electrons. The number of benzene rings is 5. The summed E-state index contributed by atoms with van der Waals surface area (Å²) in [6.07, 6.45) is -11.3. The van der Waals surface area contributed by atoms with E-state index < -0.39 is 73.8 Å². The molecule has 0 aromatic heterocycles. The molecule has 3 heterocycles. The Morgan fingerprint density at radius 2 is 0.765 bits per heavy atom. The van der Waals surface area contributed by atoms with Crippen molar-refractivity contribution in [3.8, 4) is 11.5 Å². The molecule has 15 nitrogen and oxygen atoms in total. The first-order valence-corrected chi connectivity index (χ1v) is 22.9. The highest BCUT2D eigenvalue weighted by Crippen LogP contribution is 2.35. The number of rotatable bonds is 25. The molecule has 5 aromatic rings. The summed E-state index contributed by atoms with van der Waals surface area (Å²) in [5.74, 6) is 1.49. The lowest BCUT2D eigenvalue weighted by Gasteiger charge is -2.28. The molecular weight excluding hydrogens is 877 g/mol. The van der Waals surface area contributed by atoms with Crippen LogP contribution >= 0.6 is 0 Å². The number of hydrogen-bond acceptors (Lipinski definition) is 15. The molecule has 0 radical (unpaired) electrons. The van der Waals surface area contributed by atoms with Crippen molar-refractivity contribution in [1.82, 2.24) is 0 Å². The zero-order chi connectivity index (χ0) is 47.1. The molecule has 5 aromatic carbocycles. The minimum Gasteiger partial charge on any atom is -0.497 e. The van der Waals surface area contributed by atoms with E-state index >= 15 is 0 Å². The number of aliphatic hydroxyl groups excluding tert-OH is 2.